The van der Waals surface area contributed by atoms with Crippen molar-refractivity contribution in [3.63, 3.8) is 0 Å². The molecule has 2 aliphatic heterocycles. The summed E-state index contributed by atoms with van der Waals surface area (Å²) >= 11 is 0. The molecule has 0 bridgehead atoms. The SMILES string of the molecule is CC(C)(C)OC(=O)CC[C@H](C(N)=O)N1Cc2cc(N3CCN(C(=O)OC(C)(C)C)CC3)ccc2C1=O. The quantitative estimate of drug-likeness (QED) is 0.594. The van der Waals surface area contributed by atoms with E-state index in [9.17, 15) is 19.2 Å². The van der Waals surface area contributed by atoms with Crippen molar-refractivity contribution in [2.24, 2.45) is 5.73 Å². The van der Waals surface area contributed by atoms with Gasteiger partial charge in [0.15, 0.2) is 0 Å². The van der Waals surface area contributed by atoms with Gasteiger partial charge in [0.05, 0.1) is 0 Å². The normalized spacial score (nSPS) is 17.1. The molecule has 1 atom stereocenters. The maximum absolute atomic E-state index is 13.1. The van der Waals surface area contributed by atoms with E-state index in [4.69, 9.17) is 15.2 Å². The van der Waals surface area contributed by atoms with E-state index in [1.54, 1.807) is 31.7 Å². The number of anilines is 1. The van der Waals surface area contributed by atoms with Crippen molar-refractivity contribution in [1.82, 2.24) is 9.80 Å². The predicted molar refractivity (Wildman–Crippen MR) is 134 cm³/mol. The summed E-state index contributed by atoms with van der Waals surface area (Å²) in [5.41, 5.74) is 6.71. The summed E-state index contributed by atoms with van der Waals surface area (Å²) in [7, 11) is 0. The molecule has 36 heavy (non-hydrogen) atoms. The summed E-state index contributed by atoms with van der Waals surface area (Å²) in [6.07, 6.45) is -0.233. The van der Waals surface area contributed by atoms with Gasteiger partial charge in [-0.15, -0.1) is 0 Å². The molecular weight excluding hydrogens is 464 g/mol. The van der Waals surface area contributed by atoms with Crippen molar-refractivity contribution in [2.45, 2.75) is 78.2 Å². The summed E-state index contributed by atoms with van der Waals surface area (Å²) < 4.78 is 10.8. The molecule has 0 aromatic heterocycles. The summed E-state index contributed by atoms with van der Waals surface area (Å²) in [5.74, 6) is -1.37. The lowest BCUT2D eigenvalue weighted by molar-refractivity contribution is -0.155. The molecule has 0 saturated carbocycles. The van der Waals surface area contributed by atoms with Gasteiger partial charge in [0, 0.05) is 50.4 Å². The van der Waals surface area contributed by atoms with Crippen LogP contribution in [0.3, 0.4) is 0 Å². The van der Waals surface area contributed by atoms with E-state index in [1.165, 1.54) is 4.90 Å². The third-order valence-corrected chi connectivity index (χ3v) is 5.96. The van der Waals surface area contributed by atoms with Crippen molar-refractivity contribution in [3.8, 4) is 0 Å². The maximum Gasteiger partial charge on any atom is 0.410 e. The van der Waals surface area contributed by atoms with Gasteiger partial charge in [0.2, 0.25) is 5.91 Å². The molecule has 2 heterocycles. The van der Waals surface area contributed by atoms with E-state index in [0.717, 1.165) is 11.3 Å². The summed E-state index contributed by atoms with van der Waals surface area (Å²) in [5, 5.41) is 0. The van der Waals surface area contributed by atoms with Gasteiger partial charge in [0.25, 0.3) is 5.91 Å². The third kappa shape index (κ3) is 6.89. The Morgan fingerprint density at radius 3 is 2.14 bits per heavy atom. The number of ether oxygens (including phenoxy) is 2. The van der Waals surface area contributed by atoms with Crippen molar-refractivity contribution in [2.75, 3.05) is 31.1 Å². The molecule has 0 aliphatic carbocycles. The minimum atomic E-state index is -0.904. The van der Waals surface area contributed by atoms with Gasteiger partial charge in [-0.05, 0) is 71.7 Å². The van der Waals surface area contributed by atoms with E-state index < -0.39 is 29.1 Å². The predicted octanol–water partition coefficient (Wildman–Crippen LogP) is 2.68. The lowest BCUT2D eigenvalue weighted by atomic mass is 10.1. The van der Waals surface area contributed by atoms with Crippen LogP contribution in [0.2, 0.25) is 0 Å². The largest absolute Gasteiger partial charge is 0.460 e. The molecule has 10 heteroatoms. The zero-order chi connectivity index (χ0) is 26.8. The summed E-state index contributed by atoms with van der Waals surface area (Å²) in [6.45, 7) is 13.4. The summed E-state index contributed by atoms with van der Waals surface area (Å²) in [6, 6.07) is 4.68. The fourth-order valence-electron chi connectivity index (χ4n) is 4.35. The number of hydrogen-bond acceptors (Lipinski definition) is 7. The fourth-order valence-corrected chi connectivity index (χ4v) is 4.35. The van der Waals surface area contributed by atoms with Gasteiger partial charge in [-0.1, -0.05) is 0 Å². The third-order valence-electron chi connectivity index (χ3n) is 5.96. The number of benzene rings is 1. The lowest BCUT2D eigenvalue weighted by Gasteiger charge is -2.36. The second kappa shape index (κ2) is 10.4. The number of fused-ring (bicyclic) bond motifs is 1. The highest BCUT2D eigenvalue weighted by molar-refractivity contribution is 6.01. The number of esters is 1. The lowest BCUT2D eigenvalue weighted by Crippen LogP contribution is -2.50. The van der Waals surface area contributed by atoms with Crippen LogP contribution in [0.1, 0.15) is 70.3 Å². The number of carbonyl (C=O) groups excluding carboxylic acids is 4. The molecule has 0 radical (unpaired) electrons. The van der Waals surface area contributed by atoms with Crippen LogP contribution >= 0.6 is 0 Å². The van der Waals surface area contributed by atoms with Crippen molar-refractivity contribution in [3.05, 3.63) is 29.3 Å². The number of nitrogens with zero attached hydrogens (tertiary/aromatic N) is 3. The number of rotatable bonds is 6. The van der Waals surface area contributed by atoms with E-state index in [0.29, 0.717) is 31.7 Å². The van der Waals surface area contributed by atoms with Gasteiger partial charge in [0.1, 0.15) is 17.2 Å². The Kier molecular flexibility index (Phi) is 7.85. The molecule has 3 rings (SSSR count). The van der Waals surface area contributed by atoms with Crippen LogP contribution in [0.15, 0.2) is 18.2 Å². The molecule has 1 aromatic carbocycles. The molecular formula is C26H38N4O6. The number of amides is 3. The molecule has 2 N–H and O–H groups in total. The fraction of sp³-hybridized carbons (Fsp3) is 0.615. The second-order valence-electron chi connectivity index (χ2n) is 11.3. The molecule has 2 aliphatic rings. The number of hydrogen-bond donors (Lipinski definition) is 1. The van der Waals surface area contributed by atoms with Crippen LogP contribution in [-0.4, -0.2) is 77.1 Å². The van der Waals surface area contributed by atoms with E-state index in [1.807, 2.05) is 32.9 Å². The molecule has 0 unspecified atom stereocenters. The van der Waals surface area contributed by atoms with Crippen LogP contribution in [0.4, 0.5) is 10.5 Å². The average molecular weight is 503 g/mol. The first kappa shape index (κ1) is 27.3. The van der Waals surface area contributed by atoms with Crippen LogP contribution < -0.4 is 10.6 Å². The molecule has 3 amide bonds. The molecule has 1 saturated heterocycles. The van der Waals surface area contributed by atoms with Crippen molar-refractivity contribution >= 4 is 29.6 Å². The molecule has 1 fully saturated rings. The average Bonchev–Trinajstić information content (AvgIpc) is 3.07. The Balaban J connectivity index is 1.64. The highest BCUT2D eigenvalue weighted by atomic mass is 16.6. The zero-order valence-corrected chi connectivity index (χ0v) is 22.1. The van der Waals surface area contributed by atoms with Gasteiger partial charge in [-0.3, -0.25) is 14.4 Å². The zero-order valence-electron chi connectivity index (χ0n) is 22.1. The topological polar surface area (TPSA) is 122 Å². The van der Waals surface area contributed by atoms with Crippen molar-refractivity contribution in [1.29, 1.82) is 0 Å². The smallest absolute Gasteiger partial charge is 0.410 e. The summed E-state index contributed by atoms with van der Waals surface area (Å²) in [4.78, 5) is 55.0. The first-order valence-corrected chi connectivity index (χ1v) is 12.3. The molecule has 10 nitrogen and oxygen atoms in total. The van der Waals surface area contributed by atoms with Gasteiger partial charge < -0.3 is 29.9 Å². The number of piperazine rings is 1. The van der Waals surface area contributed by atoms with Crippen molar-refractivity contribution < 1.29 is 28.7 Å². The monoisotopic (exact) mass is 502 g/mol. The Hall–Kier alpha value is -3.30. The Bertz CT molecular complexity index is 1020. The van der Waals surface area contributed by atoms with Crippen LogP contribution in [0.5, 0.6) is 0 Å². The molecule has 1 aromatic rings. The van der Waals surface area contributed by atoms with Crippen LogP contribution in [0.25, 0.3) is 0 Å². The van der Waals surface area contributed by atoms with E-state index in [-0.39, 0.29) is 31.4 Å². The standard InChI is InChI=1S/C26H38N4O6/c1-25(2,3)35-21(31)10-9-20(22(27)32)30-16-17-15-18(7-8-19(17)23(30)33)28-11-13-29(14-12-28)24(34)36-26(4,5)6/h7-8,15,20H,9-14,16H2,1-6H3,(H2,27,32)/t20-/m1/s1. The Labute approximate surface area is 212 Å². The Morgan fingerprint density at radius 2 is 1.58 bits per heavy atom. The van der Waals surface area contributed by atoms with E-state index in [2.05, 4.69) is 4.90 Å². The second-order valence-corrected chi connectivity index (χ2v) is 11.3. The Morgan fingerprint density at radius 1 is 0.972 bits per heavy atom. The van der Waals surface area contributed by atoms with Gasteiger partial charge >= 0.3 is 12.1 Å². The van der Waals surface area contributed by atoms with Gasteiger partial charge in [-0.2, -0.15) is 0 Å². The minimum absolute atomic E-state index is 0.0157. The van der Waals surface area contributed by atoms with E-state index >= 15 is 0 Å². The number of nitrogens with two attached hydrogens (primary N) is 1. The number of primary amides is 1. The van der Waals surface area contributed by atoms with Crippen LogP contribution in [-0.2, 0) is 25.6 Å². The molecule has 198 valence electrons. The first-order chi connectivity index (χ1) is 16.6. The molecule has 0 spiro atoms. The highest BCUT2D eigenvalue weighted by Gasteiger charge is 2.36. The first-order valence-electron chi connectivity index (χ1n) is 12.3. The maximum atomic E-state index is 13.1. The van der Waals surface area contributed by atoms with Crippen LogP contribution in [0, 0.1) is 0 Å². The van der Waals surface area contributed by atoms with Gasteiger partial charge in [-0.25, -0.2) is 4.79 Å². The minimum Gasteiger partial charge on any atom is -0.460 e. The highest BCUT2D eigenvalue weighted by Crippen LogP contribution is 2.30. The number of carbonyl (C=O) groups is 4.